The highest BCUT2D eigenvalue weighted by Crippen LogP contribution is 2.20. The number of rotatable bonds is 6. The van der Waals surface area contributed by atoms with E-state index in [1.165, 1.54) is 11.5 Å². The van der Waals surface area contributed by atoms with Gasteiger partial charge < -0.3 is 9.80 Å². The monoisotopic (exact) mass is 318 g/mol. The SMILES string of the molecule is CCc1nsc(N2CCCN(C[C@@H](C#N)CCC#N)CC2)n1. The van der Waals surface area contributed by atoms with Crippen molar-refractivity contribution in [2.45, 2.75) is 32.6 Å². The van der Waals surface area contributed by atoms with Crippen molar-refractivity contribution < 1.29 is 0 Å². The number of hydrogen-bond acceptors (Lipinski definition) is 7. The zero-order chi connectivity index (χ0) is 15.8. The van der Waals surface area contributed by atoms with Crippen molar-refractivity contribution in [1.29, 1.82) is 10.5 Å². The van der Waals surface area contributed by atoms with Crippen molar-refractivity contribution in [3.05, 3.63) is 5.82 Å². The first kappa shape index (κ1) is 16.7. The zero-order valence-electron chi connectivity index (χ0n) is 13.0. The summed E-state index contributed by atoms with van der Waals surface area (Å²) in [5.41, 5.74) is 0. The van der Waals surface area contributed by atoms with Crippen LogP contribution in [0.15, 0.2) is 0 Å². The van der Waals surface area contributed by atoms with Crippen LogP contribution in [0.3, 0.4) is 0 Å². The lowest BCUT2D eigenvalue weighted by Gasteiger charge is -2.22. The molecule has 1 saturated heterocycles. The van der Waals surface area contributed by atoms with Gasteiger partial charge in [0.25, 0.3) is 0 Å². The highest BCUT2D eigenvalue weighted by molar-refractivity contribution is 7.09. The Balaban J connectivity index is 1.87. The van der Waals surface area contributed by atoms with Gasteiger partial charge in [-0.05, 0) is 19.4 Å². The molecule has 0 unspecified atom stereocenters. The van der Waals surface area contributed by atoms with Crippen LogP contribution >= 0.6 is 11.5 Å². The second kappa shape index (κ2) is 8.67. The van der Waals surface area contributed by atoms with E-state index in [1.807, 2.05) is 0 Å². The summed E-state index contributed by atoms with van der Waals surface area (Å²) in [6.45, 7) is 6.69. The Morgan fingerprint density at radius 1 is 1.27 bits per heavy atom. The molecule has 1 fully saturated rings. The molecule has 2 rings (SSSR count). The van der Waals surface area contributed by atoms with Gasteiger partial charge in [-0.25, -0.2) is 4.98 Å². The molecular weight excluding hydrogens is 296 g/mol. The summed E-state index contributed by atoms with van der Waals surface area (Å²) in [5.74, 6) is 0.876. The van der Waals surface area contributed by atoms with Gasteiger partial charge in [-0.1, -0.05) is 6.92 Å². The van der Waals surface area contributed by atoms with Gasteiger partial charge in [0.2, 0.25) is 5.13 Å². The Kier molecular flexibility index (Phi) is 6.57. The van der Waals surface area contributed by atoms with Crippen LogP contribution in [0.5, 0.6) is 0 Å². The largest absolute Gasteiger partial charge is 0.346 e. The third-order valence-corrected chi connectivity index (χ3v) is 4.71. The van der Waals surface area contributed by atoms with Crippen molar-refractivity contribution in [2.75, 3.05) is 37.6 Å². The second-order valence-corrected chi connectivity index (χ2v) is 6.24. The summed E-state index contributed by atoms with van der Waals surface area (Å²) in [6.07, 6.45) is 3.07. The van der Waals surface area contributed by atoms with Crippen molar-refractivity contribution in [2.24, 2.45) is 5.92 Å². The summed E-state index contributed by atoms with van der Waals surface area (Å²) >= 11 is 1.48. The van der Waals surface area contributed by atoms with Gasteiger partial charge in [-0.15, -0.1) is 0 Å². The molecule has 1 aliphatic heterocycles. The normalized spacial score (nSPS) is 17.5. The minimum Gasteiger partial charge on any atom is -0.346 e. The molecule has 0 saturated carbocycles. The van der Waals surface area contributed by atoms with Crippen molar-refractivity contribution in [3.8, 4) is 12.1 Å². The lowest BCUT2D eigenvalue weighted by Crippen LogP contribution is -2.33. The molecule has 1 atom stereocenters. The third kappa shape index (κ3) is 4.66. The summed E-state index contributed by atoms with van der Waals surface area (Å²) < 4.78 is 4.36. The number of aromatic nitrogens is 2. The Labute approximate surface area is 136 Å². The summed E-state index contributed by atoms with van der Waals surface area (Å²) in [4.78, 5) is 9.20. The number of hydrogen-bond donors (Lipinski definition) is 0. The molecular formula is C15H22N6S. The van der Waals surface area contributed by atoms with Crippen LogP contribution in [0.1, 0.15) is 32.0 Å². The summed E-state index contributed by atoms with van der Waals surface area (Å²) in [7, 11) is 0. The first-order valence-electron chi connectivity index (χ1n) is 7.83. The fourth-order valence-electron chi connectivity index (χ4n) is 2.61. The molecule has 118 valence electrons. The molecule has 0 spiro atoms. The van der Waals surface area contributed by atoms with Crippen LogP contribution in [0.2, 0.25) is 0 Å². The Bertz CT molecular complexity index is 543. The second-order valence-electron chi connectivity index (χ2n) is 5.51. The van der Waals surface area contributed by atoms with E-state index in [0.29, 0.717) is 12.8 Å². The van der Waals surface area contributed by atoms with Gasteiger partial charge in [-0.2, -0.15) is 14.9 Å². The summed E-state index contributed by atoms with van der Waals surface area (Å²) in [5, 5.41) is 18.9. The molecule has 0 amide bonds. The predicted molar refractivity (Wildman–Crippen MR) is 86.5 cm³/mol. The van der Waals surface area contributed by atoms with Crippen LogP contribution in [-0.4, -0.2) is 47.0 Å². The average Bonchev–Trinajstić information content (AvgIpc) is 2.91. The molecule has 2 heterocycles. The molecule has 1 aromatic heterocycles. The average molecular weight is 318 g/mol. The van der Waals surface area contributed by atoms with Crippen molar-refractivity contribution >= 4 is 16.7 Å². The highest BCUT2D eigenvalue weighted by atomic mass is 32.1. The quantitative estimate of drug-likeness (QED) is 0.798. The van der Waals surface area contributed by atoms with E-state index in [0.717, 1.165) is 56.5 Å². The molecule has 22 heavy (non-hydrogen) atoms. The van der Waals surface area contributed by atoms with Crippen molar-refractivity contribution in [1.82, 2.24) is 14.3 Å². The van der Waals surface area contributed by atoms with Crippen LogP contribution in [0.25, 0.3) is 0 Å². The number of aryl methyl sites for hydroxylation is 1. The minimum absolute atomic E-state index is 0.0422. The first-order chi connectivity index (χ1) is 10.8. The van der Waals surface area contributed by atoms with Gasteiger partial charge in [0.15, 0.2) is 0 Å². The van der Waals surface area contributed by atoms with E-state index in [9.17, 15) is 5.26 Å². The van der Waals surface area contributed by atoms with Crippen LogP contribution < -0.4 is 4.90 Å². The lowest BCUT2D eigenvalue weighted by molar-refractivity contribution is 0.262. The van der Waals surface area contributed by atoms with E-state index in [4.69, 9.17) is 5.26 Å². The van der Waals surface area contributed by atoms with Gasteiger partial charge in [-0.3, -0.25) is 0 Å². The summed E-state index contributed by atoms with van der Waals surface area (Å²) in [6, 6.07) is 4.46. The van der Waals surface area contributed by atoms with Crippen molar-refractivity contribution in [3.63, 3.8) is 0 Å². The smallest absolute Gasteiger partial charge is 0.205 e. The maximum Gasteiger partial charge on any atom is 0.205 e. The van der Waals surface area contributed by atoms with E-state index < -0.39 is 0 Å². The Morgan fingerprint density at radius 2 is 2.14 bits per heavy atom. The van der Waals surface area contributed by atoms with Gasteiger partial charge in [0.05, 0.1) is 18.1 Å². The van der Waals surface area contributed by atoms with E-state index >= 15 is 0 Å². The Morgan fingerprint density at radius 3 is 2.82 bits per heavy atom. The van der Waals surface area contributed by atoms with Crippen LogP contribution in [0.4, 0.5) is 5.13 Å². The van der Waals surface area contributed by atoms with E-state index in [2.05, 4.69) is 38.2 Å². The van der Waals surface area contributed by atoms with E-state index in [-0.39, 0.29) is 5.92 Å². The topological polar surface area (TPSA) is 79.8 Å². The molecule has 0 aromatic carbocycles. The van der Waals surface area contributed by atoms with Gasteiger partial charge in [0, 0.05) is 50.6 Å². The molecule has 1 aliphatic rings. The number of nitrogens with zero attached hydrogens (tertiary/aromatic N) is 6. The number of nitriles is 2. The molecule has 1 aromatic rings. The molecule has 0 N–H and O–H groups in total. The maximum absolute atomic E-state index is 9.20. The molecule has 7 heteroatoms. The maximum atomic E-state index is 9.20. The standard InChI is InChI=1S/C15H22N6S/c1-2-14-18-15(22-19-14)21-8-4-7-20(9-10-21)12-13(11-17)5-3-6-16/h13H,2-5,7-10,12H2,1H3/t13-/m1/s1. The molecule has 0 bridgehead atoms. The molecule has 6 nitrogen and oxygen atoms in total. The predicted octanol–water partition coefficient (Wildman–Crippen LogP) is 2.06. The fraction of sp³-hybridized carbons (Fsp3) is 0.733. The van der Waals surface area contributed by atoms with Gasteiger partial charge >= 0.3 is 0 Å². The molecule has 0 radical (unpaired) electrons. The Hall–Kier alpha value is -1.70. The molecule has 0 aliphatic carbocycles. The lowest BCUT2D eigenvalue weighted by atomic mass is 10.0. The third-order valence-electron chi connectivity index (χ3n) is 3.90. The first-order valence-corrected chi connectivity index (χ1v) is 8.60. The van der Waals surface area contributed by atoms with Crippen LogP contribution in [-0.2, 0) is 6.42 Å². The van der Waals surface area contributed by atoms with E-state index in [1.54, 1.807) is 0 Å². The fourth-order valence-corrected chi connectivity index (χ4v) is 3.41. The minimum atomic E-state index is -0.0422. The zero-order valence-corrected chi connectivity index (χ0v) is 13.8. The number of anilines is 1. The van der Waals surface area contributed by atoms with Gasteiger partial charge in [0.1, 0.15) is 5.82 Å². The highest BCUT2D eigenvalue weighted by Gasteiger charge is 2.20. The van der Waals surface area contributed by atoms with Crippen LogP contribution in [0, 0.1) is 28.6 Å².